The van der Waals surface area contributed by atoms with Crippen LogP contribution in [0.2, 0.25) is 0 Å². The molecule has 19 heavy (non-hydrogen) atoms. The first-order chi connectivity index (χ1) is 9.24. The molecule has 0 radical (unpaired) electrons. The van der Waals surface area contributed by atoms with Crippen LogP contribution >= 0.6 is 11.3 Å². The molecule has 3 nitrogen and oxygen atoms in total. The molecule has 0 fully saturated rings. The maximum absolute atomic E-state index is 12.4. The number of rotatable bonds is 3. The lowest BCUT2D eigenvalue weighted by atomic mass is 10.1. The Morgan fingerprint density at radius 2 is 2.21 bits per heavy atom. The zero-order valence-electron chi connectivity index (χ0n) is 10.6. The molecule has 2 aromatic heterocycles. The second-order valence-electron chi connectivity index (χ2n) is 4.57. The molecule has 0 saturated carbocycles. The van der Waals surface area contributed by atoms with Gasteiger partial charge in [0.1, 0.15) is 0 Å². The first-order valence-electron chi connectivity index (χ1n) is 6.08. The number of aromatic nitrogens is 1. The van der Waals surface area contributed by atoms with Crippen molar-refractivity contribution in [2.24, 2.45) is 0 Å². The Hall–Kier alpha value is -2.07. The predicted molar refractivity (Wildman–Crippen MR) is 78.4 cm³/mol. The molecule has 0 unspecified atom stereocenters. The number of benzene rings is 1. The van der Waals surface area contributed by atoms with Crippen LogP contribution < -0.4 is 0 Å². The summed E-state index contributed by atoms with van der Waals surface area (Å²) < 4.78 is 0. The van der Waals surface area contributed by atoms with Gasteiger partial charge in [-0.25, -0.2) is 0 Å². The van der Waals surface area contributed by atoms with Gasteiger partial charge in [-0.3, -0.25) is 4.79 Å². The number of hydrogen-bond donors (Lipinski definition) is 1. The van der Waals surface area contributed by atoms with Crippen molar-refractivity contribution in [1.82, 2.24) is 9.88 Å². The van der Waals surface area contributed by atoms with Gasteiger partial charge < -0.3 is 9.88 Å². The van der Waals surface area contributed by atoms with E-state index in [2.05, 4.69) is 10.4 Å². The van der Waals surface area contributed by atoms with Crippen molar-refractivity contribution in [3.05, 3.63) is 58.4 Å². The minimum absolute atomic E-state index is 0.0442. The van der Waals surface area contributed by atoms with E-state index in [0.717, 1.165) is 10.9 Å². The number of fused-ring (bicyclic) bond motifs is 1. The minimum Gasteiger partial charge on any atom is -0.361 e. The molecule has 0 aliphatic heterocycles. The molecular weight excluding hydrogens is 256 g/mol. The number of carbonyl (C=O) groups excluding carboxylic acids is 1. The zero-order chi connectivity index (χ0) is 13.2. The van der Waals surface area contributed by atoms with E-state index in [0.29, 0.717) is 12.1 Å². The van der Waals surface area contributed by atoms with Crippen molar-refractivity contribution in [3.8, 4) is 0 Å². The molecule has 96 valence electrons. The number of carbonyl (C=O) groups is 1. The summed E-state index contributed by atoms with van der Waals surface area (Å²) in [5.74, 6) is 0.0442. The van der Waals surface area contributed by atoms with Gasteiger partial charge >= 0.3 is 0 Å². The van der Waals surface area contributed by atoms with Gasteiger partial charge in [-0.05, 0) is 46.0 Å². The number of hydrogen-bond acceptors (Lipinski definition) is 2. The third kappa shape index (κ3) is 2.39. The second kappa shape index (κ2) is 4.90. The lowest BCUT2D eigenvalue weighted by Crippen LogP contribution is -2.25. The molecule has 1 N–H and O–H groups in total. The van der Waals surface area contributed by atoms with Gasteiger partial charge in [0.2, 0.25) is 0 Å². The Kier molecular flexibility index (Phi) is 3.09. The number of aromatic amines is 1. The molecule has 0 saturated heterocycles. The Balaban J connectivity index is 1.82. The lowest BCUT2D eigenvalue weighted by molar-refractivity contribution is 0.0785. The van der Waals surface area contributed by atoms with Crippen LogP contribution in [-0.2, 0) is 6.54 Å². The topological polar surface area (TPSA) is 36.1 Å². The molecule has 0 bridgehead atoms. The van der Waals surface area contributed by atoms with Crippen molar-refractivity contribution in [2.45, 2.75) is 6.54 Å². The van der Waals surface area contributed by atoms with Crippen LogP contribution in [0.15, 0.2) is 47.3 Å². The Labute approximate surface area is 115 Å². The number of nitrogens with zero attached hydrogens (tertiary/aromatic N) is 1. The third-order valence-corrected chi connectivity index (χ3v) is 3.88. The fraction of sp³-hybridized carbons (Fsp3) is 0.133. The van der Waals surface area contributed by atoms with Crippen LogP contribution in [0, 0.1) is 0 Å². The van der Waals surface area contributed by atoms with Crippen LogP contribution in [0.25, 0.3) is 10.9 Å². The van der Waals surface area contributed by atoms with Gasteiger partial charge in [-0.2, -0.15) is 11.3 Å². The number of thiophene rings is 1. The fourth-order valence-corrected chi connectivity index (χ4v) is 2.79. The Morgan fingerprint density at radius 1 is 1.32 bits per heavy atom. The molecule has 3 aromatic rings. The number of H-pyrrole nitrogens is 1. The maximum atomic E-state index is 12.4. The number of nitrogens with one attached hydrogen (secondary N) is 1. The normalized spacial score (nSPS) is 10.8. The van der Waals surface area contributed by atoms with E-state index < -0.39 is 0 Å². The van der Waals surface area contributed by atoms with Gasteiger partial charge in [0.25, 0.3) is 5.91 Å². The van der Waals surface area contributed by atoms with Crippen molar-refractivity contribution in [2.75, 3.05) is 7.05 Å². The van der Waals surface area contributed by atoms with Crippen LogP contribution in [0.4, 0.5) is 0 Å². The Bertz CT molecular complexity index is 700. The SMILES string of the molecule is CN(Cc1ccsc1)C(=O)c1ccc2cc[nH]c2c1. The molecule has 0 aliphatic rings. The highest BCUT2D eigenvalue weighted by Gasteiger charge is 2.12. The van der Waals surface area contributed by atoms with Gasteiger partial charge in [0.15, 0.2) is 0 Å². The van der Waals surface area contributed by atoms with E-state index >= 15 is 0 Å². The average Bonchev–Trinajstić information content (AvgIpc) is 3.07. The van der Waals surface area contributed by atoms with E-state index in [1.165, 1.54) is 5.56 Å². The summed E-state index contributed by atoms with van der Waals surface area (Å²) in [6.45, 7) is 0.644. The highest BCUT2D eigenvalue weighted by molar-refractivity contribution is 7.07. The first kappa shape index (κ1) is 12.0. The quantitative estimate of drug-likeness (QED) is 0.777. The summed E-state index contributed by atoms with van der Waals surface area (Å²) in [7, 11) is 1.83. The zero-order valence-corrected chi connectivity index (χ0v) is 11.4. The third-order valence-electron chi connectivity index (χ3n) is 3.15. The standard InChI is InChI=1S/C15H14N2OS/c1-17(9-11-5-7-19-10-11)15(18)13-3-2-12-4-6-16-14(12)8-13/h2-8,10,16H,9H2,1H3. The van der Waals surface area contributed by atoms with Crippen LogP contribution in [-0.4, -0.2) is 22.8 Å². The first-order valence-corrected chi connectivity index (χ1v) is 7.02. The monoisotopic (exact) mass is 270 g/mol. The largest absolute Gasteiger partial charge is 0.361 e. The van der Waals surface area contributed by atoms with E-state index in [-0.39, 0.29) is 5.91 Å². The summed E-state index contributed by atoms with van der Waals surface area (Å²) in [6, 6.07) is 9.79. The summed E-state index contributed by atoms with van der Waals surface area (Å²) in [4.78, 5) is 17.2. The summed E-state index contributed by atoms with van der Waals surface area (Å²) in [6.07, 6.45) is 1.88. The maximum Gasteiger partial charge on any atom is 0.253 e. The molecule has 0 spiro atoms. The fourth-order valence-electron chi connectivity index (χ4n) is 2.13. The van der Waals surface area contributed by atoms with Crippen LogP contribution in [0.5, 0.6) is 0 Å². The molecular formula is C15H14N2OS. The Morgan fingerprint density at radius 3 is 3.00 bits per heavy atom. The van der Waals surface area contributed by atoms with Gasteiger partial charge in [-0.1, -0.05) is 6.07 Å². The molecule has 1 aromatic carbocycles. The van der Waals surface area contributed by atoms with E-state index in [1.54, 1.807) is 16.2 Å². The predicted octanol–water partition coefficient (Wildman–Crippen LogP) is 3.50. The van der Waals surface area contributed by atoms with Crippen molar-refractivity contribution >= 4 is 28.1 Å². The number of amides is 1. The molecule has 1 amide bonds. The molecule has 0 aliphatic carbocycles. The van der Waals surface area contributed by atoms with Crippen molar-refractivity contribution in [3.63, 3.8) is 0 Å². The van der Waals surface area contributed by atoms with E-state index in [1.807, 2.05) is 49.0 Å². The van der Waals surface area contributed by atoms with Crippen molar-refractivity contribution < 1.29 is 4.79 Å². The minimum atomic E-state index is 0.0442. The molecule has 3 rings (SSSR count). The molecule has 2 heterocycles. The summed E-state index contributed by atoms with van der Waals surface area (Å²) in [5.41, 5.74) is 2.88. The average molecular weight is 270 g/mol. The molecule has 4 heteroatoms. The van der Waals surface area contributed by atoms with E-state index in [9.17, 15) is 4.79 Å². The van der Waals surface area contributed by atoms with Crippen LogP contribution in [0.3, 0.4) is 0 Å². The van der Waals surface area contributed by atoms with Crippen molar-refractivity contribution in [1.29, 1.82) is 0 Å². The van der Waals surface area contributed by atoms with Crippen LogP contribution in [0.1, 0.15) is 15.9 Å². The van der Waals surface area contributed by atoms with E-state index in [4.69, 9.17) is 0 Å². The highest BCUT2D eigenvalue weighted by atomic mass is 32.1. The van der Waals surface area contributed by atoms with Gasteiger partial charge in [0, 0.05) is 30.9 Å². The van der Waals surface area contributed by atoms with Gasteiger partial charge in [0.05, 0.1) is 0 Å². The van der Waals surface area contributed by atoms with Gasteiger partial charge in [-0.15, -0.1) is 0 Å². The second-order valence-corrected chi connectivity index (χ2v) is 5.35. The lowest BCUT2D eigenvalue weighted by Gasteiger charge is -2.16. The summed E-state index contributed by atoms with van der Waals surface area (Å²) in [5, 5.41) is 5.22. The summed E-state index contributed by atoms with van der Waals surface area (Å²) >= 11 is 1.65. The smallest absolute Gasteiger partial charge is 0.253 e. The molecule has 0 atom stereocenters. The highest BCUT2D eigenvalue weighted by Crippen LogP contribution is 2.16.